The first-order valence-corrected chi connectivity index (χ1v) is 3.21. The third kappa shape index (κ3) is 2.25. The van der Waals surface area contributed by atoms with Gasteiger partial charge in [0.2, 0.25) is 5.91 Å². The highest BCUT2D eigenvalue weighted by atomic mass is 16.1. The molecule has 4 nitrogen and oxygen atoms in total. The van der Waals surface area contributed by atoms with Gasteiger partial charge in [0.1, 0.15) is 0 Å². The number of amides is 1. The zero-order valence-electron chi connectivity index (χ0n) is 6.16. The molecule has 1 amide bonds. The number of hydrogen-bond acceptors (Lipinski definition) is 2. The highest BCUT2D eigenvalue weighted by Crippen LogP contribution is 1.92. The maximum Gasteiger partial charge on any atom is 0.243 e. The lowest BCUT2D eigenvalue weighted by Crippen LogP contribution is -2.13. The molecule has 0 unspecified atom stereocenters. The van der Waals surface area contributed by atoms with Crippen molar-refractivity contribution in [2.24, 2.45) is 0 Å². The van der Waals surface area contributed by atoms with Crippen LogP contribution in [0.3, 0.4) is 0 Å². The van der Waals surface area contributed by atoms with Crippen molar-refractivity contribution in [2.75, 3.05) is 7.05 Å². The number of nitrogens with one attached hydrogen (secondary N) is 2. The van der Waals surface area contributed by atoms with Gasteiger partial charge in [-0.15, -0.1) is 0 Å². The number of rotatable bonds is 2. The zero-order valence-corrected chi connectivity index (χ0v) is 6.16. The van der Waals surface area contributed by atoms with Crippen molar-refractivity contribution in [3.8, 4) is 0 Å². The minimum atomic E-state index is -0.125. The van der Waals surface area contributed by atoms with Crippen LogP contribution in [0.1, 0.15) is 5.69 Å². The van der Waals surface area contributed by atoms with Gasteiger partial charge in [-0.1, -0.05) is 0 Å². The van der Waals surface area contributed by atoms with E-state index in [9.17, 15) is 4.79 Å². The molecule has 0 fully saturated rings. The molecule has 0 atom stereocenters. The van der Waals surface area contributed by atoms with Crippen LogP contribution in [0.5, 0.6) is 0 Å². The molecule has 1 aromatic heterocycles. The molecule has 4 heteroatoms. The Morgan fingerprint density at radius 2 is 2.64 bits per heavy atom. The van der Waals surface area contributed by atoms with E-state index in [0.29, 0.717) is 0 Å². The van der Waals surface area contributed by atoms with E-state index in [1.54, 1.807) is 25.6 Å². The van der Waals surface area contributed by atoms with Crippen LogP contribution in [0.4, 0.5) is 0 Å². The lowest BCUT2D eigenvalue weighted by Gasteiger charge is -1.87. The van der Waals surface area contributed by atoms with E-state index in [0.717, 1.165) is 5.69 Å². The molecule has 1 heterocycles. The summed E-state index contributed by atoms with van der Waals surface area (Å²) in [5.74, 6) is -0.125. The number of aromatic nitrogens is 2. The van der Waals surface area contributed by atoms with E-state index in [-0.39, 0.29) is 5.91 Å². The summed E-state index contributed by atoms with van der Waals surface area (Å²) in [5, 5.41) is 2.47. The van der Waals surface area contributed by atoms with Gasteiger partial charge in [0.05, 0.1) is 18.2 Å². The van der Waals surface area contributed by atoms with Crippen LogP contribution < -0.4 is 5.32 Å². The number of carbonyl (C=O) groups excluding carboxylic acids is 1. The molecule has 1 rings (SSSR count). The average molecular weight is 151 g/mol. The van der Waals surface area contributed by atoms with Crippen molar-refractivity contribution in [1.29, 1.82) is 0 Å². The van der Waals surface area contributed by atoms with Gasteiger partial charge in [-0.05, 0) is 6.08 Å². The minimum Gasteiger partial charge on any atom is -0.356 e. The summed E-state index contributed by atoms with van der Waals surface area (Å²) in [6.45, 7) is 0. The molecule has 58 valence electrons. The topological polar surface area (TPSA) is 57.8 Å². The second-order valence-corrected chi connectivity index (χ2v) is 1.95. The number of carbonyl (C=O) groups is 1. The van der Waals surface area contributed by atoms with Gasteiger partial charge in [-0.25, -0.2) is 4.98 Å². The van der Waals surface area contributed by atoms with Crippen LogP contribution in [-0.4, -0.2) is 22.9 Å². The van der Waals surface area contributed by atoms with E-state index in [1.807, 2.05) is 0 Å². The predicted molar refractivity (Wildman–Crippen MR) is 41.7 cm³/mol. The molecule has 0 spiro atoms. The largest absolute Gasteiger partial charge is 0.356 e. The highest BCUT2D eigenvalue weighted by Gasteiger charge is 1.88. The smallest absolute Gasteiger partial charge is 0.243 e. The fourth-order valence-corrected chi connectivity index (χ4v) is 0.607. The lowest BCUT2D eigenvalue weighted by atomic mass is 10.4. The summed E-state index contributed by atoms with van der Waals surface area (Å²) in [6.07, 6.45) is 6.29. The molecular formula is C7H9N3O. The predicted octanol–water partition coefficient (Wildman–Crippen LogP) is 0.169. The van der Waals surface area contributed by atoms with Crippen LogP contribution in [0.25, 0.3) is 6.08 Å². The van der Waals surface area contributed by atoms with Gasteiger partial charge in [0.25, 0.3) is 0 Å². The summed E-state index contributed by atoms with van der Waals surface area (Å²) < 4.78 is 0. The first-order chi connectivity index (χ1) is 5.33. The third-order valence-corrected chi connectivity index (χ3v) is 1.18. The fourth-order valence-electron chi connectivity index (χ4n) is 0.607. The van der Waals surface area contributed by atoms with E-state index in [1.165, 1.54) is 6.08 Å². The van der Waals surface area contributed by atoms with E-state index < -0.39 is 0 Å². The minimum absolute atomic E-state index is 0.125. The Kier molecular flexibility index (Phi) is 2.43. The maximum atomic E-state index is 10.7. The molecule has 0 aliphatic rings. The molecule has 0 aromatic carbocycles. The first-order valence-electron chi connectivity index (χ1n) is 3.21. The number of H-pyrrole nitrogens is 1. The standard InChI is InChI=1S/C7H9N3O/c1-8-7(11)3-2-6-4-9-5-10-6/h2-5H,1H3,(H,8,11)(H,9,10)/b3-2+. The summed E-state index contributed by atoms with van der Waals surface area (Å²) in [5.41, 5.74) is 0.814. The van der Waals surface area contributed by atoms with Crippen molar-refractivity contribution < 1.29 is 4.79 Å². The fraction of sp³-hybridized carbons (Fsp3) is 0.143. The summed E-state index contributed by atoms with van der Waals surface area (Å²) in [6, 6.07) is 0. The maximum absolute atomic E-state index is 10.7. The zero-order chi connectivity index (χ0) is 8.10. The van der Waals surface area contributed by atoms with Gasteiger partial charge < -0.3 is 10.3 Å². The van der Waals surface area contributed by atoms with Crippen LogP contribution >= 0.6 is 0 Å². The SMILES string of the molecule is CNC(=O)/C=C/c1cnc[nH]1. The van der Waals surface area contributed by atoms with Crippen molar-refractivity contribution >= 4 is 12.0 Å². The van der Waals surface area contributed by atoms with E-state index in [4.69, 9.17) is 0 Å². The van der Waals surface area contributed by atoms with Crippen LogP contribution in [-0.2, 0) is 4.79 Å². The lowest BCUT2D eigenvalue weighted by molar-refractivity contribution is -0.115. The number of likely N-dealkylation sites (N-methyl/N-ethyl adjacent to an activating group) is 1. The molecule has 0 aliphatic carbocycles. The van der Waals surface area contributed by atoms with Gasteiger partial charge in [0.15, 0.2) is 0 Å². The summed E-state index contributed by atoms with van der Waals surface area (Å²) >= 11 is 0. The molecule has 11 heavy (non-hydrogen) atoms. The molecule has 0 saturated carbocycles. The normalized spacial score (nSPS) is 10.3. The Morgan fingerprint density at radius 3 is 3.18 bits per heavy atom. The molecular weight excluding hydrogens is 142 g/mol. The second kappa shape index (κ2) is 3.55. The molecule has 0 aliphatic heterocycles. The van der Waals surface area contributed by atoms with Crippen LogP contribution in [0.15, 0.2) is 18.6 Å². The quantitative estimate of drug-likeness (QED) is 0.592. The van der Waals surface area contributed by atoms with Gasteiger partial charge >= 0.3 is 0 Å². The Balaban J connectivity index is 2.55. The highest BCUT2D eigenvalue weighted by molar-refractivity contribution is 5.91. The molecule has 0 bridgehead atoms. The van der Waals surface area contributed by atoms with Gasteiger partial charge in [-0.2, -0.15) is 0 Å². The Hall–Kier alpha value is -1.58. The third-order valence-electron chi connectivity index (χ3n) is 1.18. The number of nitrogens with zero attached hydrogens (tertiary/aromatic N) is 1. The molecule has 0 saturated heterocycles. The number of aromatic amines is 1. The Morgan fingerprint density at radius 1 is 1.82 bits per heavy atom. The number of imidazole rings is 1. The average Bonchev–Trinajstić information content (AvgIpc) is 2.52. The monoisotopic (exact) mass is 151 g/mol. The Bertz CT molecular complexity index is 251. The first kappa shape index (κ1) is 7.53. The van der Waals surface area contributed by atoms with Gasteiger partial charge in [0, 0.05) is 13.1 Å². The second-order valence-electron chi connectivity index (χ2n) is 1.95. The molecule has 1 aromatic rings. The van der Waals surface area contributed by atoms with Crippen molar-refractivity contribution in [1.82, 2.24) is 15.3 Å². The molecule has 0 radical (unpaired) electrons. The van der Waals surface area contributed by atoms with E-state index in [2.05, 4.69) is 15.3 Å². The van der Waals surface area contributed by atoms with Crippen molar-refractivity contribution in [2.45, 2.75) is 0 Å². The van der Waals surface area contributed by atoms with Crippen molar-refractivity contribution in [3.63, 3.8) is 0 Å². The van der Waals surface area contributed by atoms with E-state index >= 15 is 0 Å². The number of hydrogen-bond donors (Lipinski definition) is 2. The van der Waals surface area contributed by atoms with Crippen molar-refractivity contribution in [3.05, 3.63) is 24.3 Å². The van der Waals surface area contributed by atoms with Crippen LogP contribution in [0, 0.1) is 0 Å². The molecule has 2 N–H and O–H groups in total. The summed E-state index contributed by atoms with van der Waals surface area (Å²) in [4.78, 5) is 17.3. The summed E-state index contributed by atoms with van der Waals surface area (Å²) in [7, 11) is 1.58. The van der Waals surface area contributed by atoms with Crippen LogP contribution in [0.2, 0.25) is 0 Å². The van der Waals surface area contributed by atoms with Gasteiger partial charge in [-0.3, -0.25) is 4.79 Å². The Labute approximate surface area is 64.3 Å².